The average Bonchev–Trinajstić information content (AvgIpc) is 2.27. The lowest BCUT2D eigenvalue weighted by Crippen LogP contribution is -2.17. The molecule has 0 amide bonds. The zero-order valence-electron chi connectivity index (χ0n) is 9.88. The summed E-state index contributed by atoms with van der Waals surface area (Å²) in [6, 6.07) is 5.65. The summed E-state index contributed by atoms with van der Waals surface area (Å²) in [7, 11) is 0. The lowest BCUT2D eigenvalue weighted by atomic mass is 9.96. The van der Waals surface area contributed by atoms with Gasteiger partial charge in [-0.05, 0) is 49.1 Å². The van der Waals surface area contributed by atoms with E-state index in [1.54, 1.807) is 6.07 Å². The summed E-state index contributed by atoms with van der Waals surface area (Å²) in [6.45, 7) is 3.44. The zero-order valence-corrected chi connectivity index (χ0v) is 11.4. The van der Waals surface area contributed by atoms with Crippen LogP contribution in [0.5, 0.6) is 0 Å². The second-order valence-electron chi connectivity index (χ2n) is 4.12. The van der Waals surface area contributed by atoms with Gasteiger partial charge in [-0.1, -0.05) is 30.1 Å². The van der Waals surface area contributed by atoms with Crippen LogP contribution < -0.4 is 5.32 Å². The highest BCUT2D eigenvalue weighted by Gasteiger charge is 2.07. The van der Waals surface area contributed by atoms with Crippen LogP contribution in [0, 0.1) is 0 Å². The molecule has 0 aromatic heterocycles. The lowest BCUT2D eigenvalue weighted by Gasteiger charge is -2.12. The van der Waals surface area contributed by atoms with Crippen molar-refractivity contribution in [3.63, 3.8) is 0 Å². The number of carbonyl (C=O) groups excluding carboxylic acids is 1. The summed E-state index contributed by atoms with van der Waals surface area (Å²) < 4.78 is 0. The molecule has 1 aromatic rings. The van der Waals surface area contributed by atoms with Crippen molar-refractivity contribution in [2.75, 3.05) is 13.1 Å². The monoisotopic (exact) mass is 273 g/mol. The van der Waals surface area contributed by atoms with Gasteiger partial charge in [0.2, 0.25) is 0 Å². The number of hydrogen-bond donors (Lipinski definition) is 1. The van der Waals surface area contributed by atoms with Crippen LogP contribution in [0.1, 0.15) is 31.2 Å². The second-order valence-corrected chi connectivity index (χ2v) is 4.99. The van der Waals surface area contributed by atoms with Crippen molar-refractivity contribution in [3.8, 4) is 0 Å². The van der Waals surface area contributed by atoms with E-state index in [1.165, 1.54) is 0 Å². The van der Waals surface area contributed by atoms with Crippen LogP contribution in [-0.4, -0.2) is 19.4 Å². The standard InChI is InChI=1S/C13H17Cl2NO/c1-10(3-2-4-16-5-6-17)11-7-12(14)9-13(15)8-11/h6-10,16H,2-5H2,1H3. The Morgan fingerprint density at radius 3 is 2.53 bits per heavy atom. The number of hydrogen-bond acceptors (Lipinski definition) is 2. The van der Waals surface area contributed by atoms with E-state index < -0.39 is 0 Å². The Kier molecular flexibility index (Phi) is 6.56. The molecule has 0 fully saturated rings. The Morgan fingerprint density at radius 1 is 1.29 bits per heavy atom. The second kappa shape index (κ2) is 7.70. The molecule has 0 heterocycles. The summed E-state index contributed by atoms with van der Waals surface area (Å²) in [5.41, 5.74) is 1.16. The van der Waals surface area contributed by atoms with Gasteiger partial charge < -0.3 is 10.1 Å². The molecule has 0 bridgehead atoms. The van der Waals surface area contributed by atoms with Crippen LogP contribution in [0.3, 0.4) is 0 Å². The lowest BCUT2D eigenvalue weighted by molar-refractivity contribution is -0.107. The molecule has 1 N–H and O–H groups in total. The van der Waals surface area contributed by atoms with Crippen molar-refractivity contribution in [2.24, 2.45) is 0 Å². The van der Waals surface area contributed by atoms with Crippen LogP contribution in [-0.2, 0) is 4.79 Å². The van der Waals surface area contributed by atoms with Gasteiger partial charge in [-0.15, -0.1) is 0 Å². The Bertz CT molecular complexity index is 348. The minimum absolute atomic E-state index is 0.421. The molecule has 0 spiro atoms. The first-order chi connectivity index (χ1) is 8.13. The summed E-state index contributed by atoms with van der Waals surface area (Å²) in [5.74, 6) is 0.421. The van der Waals surface area contributed by atoms with Crippen molar-refractivity contribution in [3.05, 3.63) is 33.8 Å². The number of halogens is 2. The summed E-state index contributed by atoms with van der Waals surface area (Å²) >= 11 is 11.9. The molecule has 0 aliphatic carbocycles. The van der Waals surface area contributed by atoms with E-state index in [2.05, 4.69) is 12.2 Å². The Balaban J connectivity index is 2.40. The topological polar surface area (TPSA) is 29.1 Å². The smallest absolute Gasteiger partial charge is 0.133 e. The van der Waals surface area contributed by atoms with Crippen LogP contribution in [0.2, 0.25) is 10.0 Å². The number of nitrogens with one attached hydrogen (secondary N) is 1. The molecule has 1 unspecified atom stereocenters. The first-order valence-electron chi connectivity index (χ1n) is 5.74. The van der Waals surface area contributed by atoms with Gasteiger partial charge >= 0.3 is 0 Å². The molecular weight excluding hydrogens is 257 g/mol. The fourth-order valence-electron chi connectivity index (χ4n) is 1.72. The largest absolute Gasteiger partial charge is 0.310 e. The SMILES string of the molecule is CC(CCCNCC=O)c1cc(Cl)cc(Cl)c1. The van der Waals surface area contributed by atoms with Gasteiger partial charge in [0.15, 0.2) is 0 Å². The van der Waals surface area contributed by atoms with Crippen molar-refractivity contribution in [2.45, 2.75) is 25.7 Å². The molecular formula is C13H17Cl2NO. The van der Waals surface area contributed by atoms with Gasteiger partial charge in [-0.25, -0.2) is 0 Å². The van der Waals surface area contributed by atoms with E-state index in [9.17, 15) is 4.79 Å². The first-order valence-corrected chi connectivity index (χ1v) is 6.49. The molecule has 1 rings (SSSR count). The third-order valence-corrected chi connectivity index (χ3v) is 3.11. The van der Waals surface area contributed by atoms with Crippen molar-refractivity contribution >= 4 is 29.5 Å². The van der Waals surface area contributed by atoms with Gasteiger partial charge in [0.05, 0.1) is 6.54 Å². The maximum Gasteiger partial charge on any atom is 0.133 e. The molecule has 4 heteroatoms. The third kappa shape index (κ3) is 5.53. The van der Waals surface area contributed by atoms with E-state index in [1.807, 2.05) is 12.1 Å². The number of carbonyl (C=O) groups is 1. The molecule has 0 saturated heterocycles. The molecule has 1 atom stereocenters. The Hall–Kier alpha value is -0.570. The van der Waals surface area contributed by atoms with E-state index in [0.29, 0.717) is 22.5 Å². The van der Waals surface area contributed by atoms with Crippen molar-refractivity contribution in [1.82, 2.24) is 5.32 Å². The maximum atomic E-state index is 10.1. The van der Waals surface area contributed by atoms with Gasteiger partial charge in [-0.3, -0.25) is 0 Å². The van der Waals surface area contributed by atoms with E-state index in [4.69, 9.17) is 23.2 Å². The van der Waals surface area contributed by atoms with Gasteiger partial charge in [0.1, 0.15) is 6.29 Å². The highest BCUT2D eigenvalue weighted by Crippen LogP contribution is 2.27. The third-order valence-electron chi connectivity index (χ3n) is 2.67. The van der Waals surface area contributed by atoms with Crippen molar-refractivity contribution < 1.29 is 4.79 Å². The molecule has 17 heavy (non-hydrogen) atoms. The molecule has 0 saturated carbocycles. The minimum Gasteiger partial charge on any atom is -0.310 e. The van der Waals surface area contributed by atoms with Crippen LogP contribution in [0.4, 0.5) is 0 Å². The summed E-state index contributed by atoms with van der Waals surface area (Å²) in [4.78, 5) is 10.1. The molecule has 94 valence electrons. The molecule has 2 nitrogen and oxygen atoms in total. The Labute approximate surface area is 112 Å². The van der Waals surface area contributed by atoms with Crippen molar-refractivity contribution in [1.29, 1.82) is 0 Å². The van der Waals surface area contributed by atoms with Gasteiger partial charge in [0, 0.05) is 10.0 Å². The van der Waals surface area contributed by atoms with Gasteiger partial charge in [0.25, 0.3) is 0 Å². The van der Waals surface area contributed by atoms with Crippen LogP contribution in [0.15, 0.2) is 18.2 Å². The Morgan fingerprint density at radius 2 is 1.94 bits per heavy atom. The quantitative estimate of drug-likeness (QED) is 0.607. The first kappa shape index (κ1) is 14.5. The number of benzene rings is 1. The molecule has 0 aliphatic rings. The van der Waals surface area contributed by atoms with Crippen LogP contribution >= 0.6 is 23.2 Å². The zero-order chi connectivity index (χ0) is 12.7. The van der Waals surface area contributed by atoms with E-state index >= 15 is 0 Å². The fourth-order valence-corrected chi connectivity index (χ4v) is 2.26. The van der Waals surface area contributed by atoms with E-state index in [0.717, 1.165) is 31.2 Å². The summed E-state index contributed by atoms with van der Waals surface area (Å²) in [6.07, 6.45) is 2.95. The van der Waals surface area contributed by atoms with E-state index in [-0.39, 0.29) is 0 Å². The fraction of sp³-hybridized carbons (Fsp3) is 0.462. The number of rotatable bonds is 7. The number of aldehydes is 1. The highest BCUT2D eigenvalue weighted by molar-refractivity contribution is 6.34. The van der Waals surface area contributed by atoms with Gasteiger partial charge in [-0.2, -0.15) is 0 Å². The normalized spacial score (nSPS) is 12.4. The van der Waals surface area contributed by atoms with Crippen LogP contribution in [0.25, 0.3) is 0 Å². The molecule has 1 aromatic carbocycles. The molecule has 0 radical (unpaired) electrons. The molecule has 0 aliphatic heterocycles. The average molecular weight is 274 g/mol. The maximum absolute atomic E-state index is 10.1. The predicted molar refractivity (Wildman–Crippen MR) is 73.0 cm³/mol. The minimum atomic E-state index is 0.421. The highest BCUT2D eigenvalue weighted by atomic mass is 35.5. The predicted octanol–water partition coefficient (Wildman–Crippen LogP) is 3.67. The summed E-state index contributed by atoms with van der Waals surface area (Å²) in [5, 5.41) is 4.40.